The number of aromatic nitrogens is 1. The van der Waals surface area contributed by atoms with Crippen LogP contribution in [0.4, 0.5) is 16.2 Å². The molecule has 0 fully saturated rings. The SMILES string of the molecule is O=C(Nc1ccc(Cl)cc1)N1CCc2cc(-c3ccncc3)ccc21. The largest absolute Gasteiger partial charge is 0.326 e. The summed E-state index contributed by atoms with van der Waals surface area (Å²) in [6.45, 7) is 0.675. The highest BCUT2D eigenvalue weighted by Gasteiger charge is 2.25. The molecule has 4 nitrogen and oxygen atoms in total. The zero-order chi connectivity index (χ0) is 17.2. The number of nitrogens with zero attached hydrogens (tertiary/aromatic N) is 2. The van der Waals surface area contributed by atoms with Gasteiger partial charge in [-0.15, -0.1) is 0 Å². The first-order valence-electron chi connectivity index (χ1n) is 8.08. The Kier molecular flexibility index (Phi) is 4.12. The Morgan fingerprint density at radius 3 is 2.52 bits per heavy atom. The van der Waals surface area contributed by atoms with Crippen LogP contribution in [0.5, 0.6) is 0 Å². The van der Waals surface area contributed by atoms with Gasteiger partial charge >= 0.3 is 6.03 Å². The van der Waals surface area contributed by atoms with Crippen LogP contribution in [0.15, 0.2) is 67.0 Å². The number of urea groups is 1. The highest BCUT2D eigenvalue weighted by molar-refractivity contribution is 6.30. The smallest absolute Gasteiger partial charge is 0.308 e. The third-order valence-electron chi connectivity index (χ3n) is 4.33. The van der Waals surface area contributed by atoms with Crippen LogP contribution in [-0.4, -0.2) is 17.6 Å². The first kappa shape index (κ1) is 15.7. The summed E-state index contributed by atoms with van der Waals surface area (Å²) in [5.74, 6) is 0. The Bertz CT molecular complexity index is 910. The number of hydrogen-bond acceptors (Lipinski definition) is 2. The third kappa shape index (κ3) is 3.21. The number of rotatable bonds is 2. The molecule has 0 radical (unpaired) electrons. The number of carbonyl (C=O) groups is 1. The molecule has 2 aromatic carbocycles. The van der Waals surface area contributed by atoms with Crippen molar-refractivity contribution in [3.63, 3.8) is 0 Å². The molecule has 0 saturated carbocycles. The number of halogens is 1. The molecule has 1 aliphatic heterocycles. The summed E-state index contributed by atoms with van der Waals surface area (Å²) in [7, 11) is 0. The number of amides is 2. The van der Waals surface area contributed by atoms with Gasteiger partial charge in [-0.25, -0.2) is 4.79 Å². The summed E-state index contributed by atoms with van der Waals surface area (Å²) in [5.41, 5.74) is 5.14. The maximum Gasteiger partial charge on any atom is 0.326 e. The summed E-state index contributed by atoms with van der Waals surface area (Å²) < 4.78 is 0. The van der Waals surface area contributed by atoms with E-state index in [1.165, 1.54) is 5.56 Å². The van der Waals surface area contributed by atoms with Crippen LogP contribution in [0.3, 0.4) is 0 Å². The number of anilines is 2. The Hall–Kier alpha value is -2.85. The lowest BCUT2D eigenvalue weighted by Crippen LogP contribution is -2.33. The van der Waals surface area contributed by atoms with Crippen LogP contribution in [-0.2, 0) is 6.42 Å². The molecule has 0 aliphatic carbocycles. The van der Waals surface area contributed by atoms with Crippen molar-refractivity contribution in [1.29, 1.82) is 0 Å². The molecule has 0 spiro atoms. The molecule has 1 aromatic heterocycles. The maximum absolute atomic E-state index is 12.6. The van der Waals surface area contributed by atoms with E-state index < -0.39 is 0 Å². The van der Waals surface area contributed by atoms with Gasteiger partial charge in [-0.2, -0.15) is 0 Å². The van der Waals surface area contributed by atoms with Gasteiger partial charge in [0.1, 0.15) is 0 Å². The fourth-order valence-electron chi connectivity index (χ4n) is 3.06. The minimum atomic E-state index is -0.127. The number of benzene rings is 2. The van der Waals surface area contributed by atoms with Crippen LogP contribution in [0.2, 0.25) is 5.02 Å². The molecule has 1 N–H and O–H groups in total. The molecule has 5 heteroatoms. The number of hydrogen-bond donors (Lipinski definition) is 1. The topological polar surface area (TPSA) is 45.2 Å². The van der Waals surface area contributed by atoms with Gasteiger partial charge in [0.15, 0.2) is 0 Å². The molecule has 3 aromatic rings. The van der Waals surface area contributed by atoms with E-state index in [1.54, 1.807) is 41.6 Å². The predicted molar refractivity (Wildman–Crippen MR) is 101 cm³/mol. The van der Waals surface area contributed by atoms with Crippen molar-refractivity contribution < 1.29 is 4.79 Å². The Labute approximate surface area is 151 Å². The van der Waals surface area contributed by atoms with Crippen molar-refractivity contribution in [3.8, 4) is 11.1 Å². The molecule has 2 heterocycles. The van der Waals surface area contributed by atoms with Crippen molar-refractivity contribution in [1.82, 2.24) is 4.98 Å². The molecule has 0 saturated heterocycles. The lowest BCUT2D eigenvalue weighted by Gasteiger charge is -2.18. The third-order valence-corrected chi connectivity index (χ3v) is 4.58. The molecule has 4 rings (SSSR count). The van der Waals surface area contributed by atoms with Gasteiger partial charge < -0.3 is 5.32 Å². The van der Waals surface area contributed by atoms with Crippen molar-refractivity contribution in [2.45, 2.75) is 6.42 Å². The minimum absolute atomic E-state index is 0.127. The van der Waals surface area contributed by atoms with Gasteiger partial charge in [-0.3, -0.25) is 9.88 Å². The fourth-order valence-corrected chi connectivity index (χ4v) is 3.19. The van der Waals surface area contributed by atoms with Crippen molar-refractivity contribution >= 4 is 29.0 Å². The zero-order valence-corrected chi connectivity index (χ0v) is 14.2. The molecule has 25 heavy (non-hydrogen) atoms. The fraction of sp³-hybridized carbons (Fsp3) is 0.100. The van der Waals surface area contributed by atoms with Gasteiger partial charge in [0.05, 0.1) is 0 Å². The standard InChI is InChI=1S/C20H16ClN3O/c21-17-2-4-18(5-3-17)23-20(25)24-12-9-16-13-15(1-6-19(16)24)14-7-10-22-11-8-14/h1-8,10-11,13H,9,12H2,(H,23,25). The van der Waals surface area contributed by atoms with Crippen LogP contribution in [0.1, 0.15) is 5.56 Å². The van der Waals surface area contributed by atoms with E-state index in [4.69, 9.17) is 11.6 Å². The number of pyridine rings is 1. The van der Waals surface area contributed by atoms with Gasteiger partial charge in [-0.1, -0.05) is 17.7 Å². The van der Waals surface area contributed by atoms with Gasteiger partial charge in [-0.05, 0) is 71.6 Å². The summed E-state index contributed by atoms with van der Waals surface area (Å²) in [6, 6.07) is 17.2. The lowest BCUT2D eigenvalue weighted by molar-refractivity contribution is 0.257. The number of nitrogens with one attached hydrogen (secondary N) is 1. The van der Waals surface area contributed by atoms with Crippen molar-refractivity contribution in [3.05, 3.63) is 77.6 Å². The van der Waals surface area contributed by atoms with Gasteiger partial charge in [0.2, 0.25) is 0 Å². The first-order chi connectivity index (χ1) is 12.2. The molecular weight excluding hydrogens is 334 g/mol. The molecule has 0 bridgehead atoms. The molecule has 0 unspecified atom stereocenters. The Morgan fingerprint density at radius 2 is 1.76 bits per heavy atom. The van der Waals surface area contributed by atoms with Gasteiger partial charge in [0, 0.05) is 35.3 Å². The average Bonchev–Trinajstić information content (AvgIpc) is 3.07. The Balaban J connectivity index is 1.55. The van der Waals surface area contributed by atoms with E-state index in [-0.39, 0.29) is 6.03 Å². The monoisotopic (exact) mass is 349 g/mol. The normalized spacial score (nSPS) is 12.8. The van der Waals surface area contributed by atoms with Crippen LogP contribution in [0, 0.1) is 0 Å². The number of carbonyl (C=O) groups excluding carboxylic acids is 1. The van der Waals surface area contributed by atoms with Gasteiger partial charge in [0.25, 0.3) is 0 Å². The quantitative estimate of drug-likeness (QED) is 0.707. The summed E-state index contributed by atoms with van der Waals surface area (Å²) in [4.78, 5) is 18.4. The van der Waals surface area contributed by atoms with E-state index in [1.807, 2.05) is 24.3 Å². The predicted octanol–water partition coefficient (Wildman–Crippen LogP) is 5.00. The second kappa shape index (κ2) is 6.57. The highest BCUT2D eigenvalue weighted by atomic mass is 35.5. The van der Waals surface area contributed by atoms with E-state index in [0.717, 1.165) is 28.9 Å². The summed E-state index contributed by atoms with van der Waals surface area (Å²) >= 11 is 5.88. The molecule has 2 amide bonds. The van der Waals surface area contributed by atoms with E-state index in [2.05, 4.69) is 16.4 Å². The van der Waals surface area contributed by atoms with Crippen LogP contribution >= 0.6 is 11.6 Å². The highest BCUT2D eigenvalue weighted by Crippen LogP contribution is 2.32. The van der Waals surface area contributed by atoms with E-state index in [0.29, 0.717) is 11.6 Å². The van der Waals surface area contributed by atoms with Crippen LogP contribution < -0.4 is 10.2 Å². The number of fused-ring (bicyclic) bond motifs is 1. The molecular formula is C20H16ClN3O. The summed E-state index contributed by atoms with van der Waals surface area (Å²) in [6.07, 6.45) is 4.42. The van der Waals surface area contributed by atoms with Crippen LogP contribution in [0.25, 0.3) is 11.1 Å². The second-order valence-electron chi connectivity index (χ2n) is 5.92. The van der Waals surface area contributed by atoms with Crippen molar-refractivity contribution in [2.75, 3.05) is 16.8 Å². The minimum Gasteiger partial charge on any atom is -0.308 e. The molecule has 124 valence electrons. The van der Waals surface area contributed by atoms with Crippen molar-refractivity contribution in [2.24, 2.45) is 0 Å². The zero-order valence-electron chi connectivity index (χ0n) is 13.4. The second-order valence-corrected chi connectivity index (χ2v) is 6.35. The first-order valence-corrected chi connectivity index (χ1v) is 8.46. The van der Waals surface area contributed by atoms with E-state index in [9.17, 15) is 4.79 Å². The lowest BCUT2D eigenvalue weighted by atomic mass is 10.0. The Morgan fingerprint density at radius 1 is 1.00 bits per heavy atom. The average molecular weight is 350 g/mol. The maximum atomic E-state index is 12.6. The summed E-state index contributed by atoms with van der Waals surface area (Å²) in [5, 5.41) is 3.56. The molecule has 0 atom stereocenters. The van der Waals surface area contributed by atoms with E-state index >= 15 is 0 Å². The molecule has 1 aliphatic rings.